The number of hydrogen-bond donors (Lipinski definition) is 1. The standard InChI is InChI=1S/C11H22N4S/c1-9-10(8-13-15(9)3)11(7-12)14(2)5-6-16-4/h8,11H,5-7,12H2,1-4H3. The van der Waals surface area contributed by atoms with Crippen molar-refractivity contribution in [2.75, 3.05) is 32.1 Å². The maximum absolute atomic E-state index is 5.87. The van der Waals surface area contributed by atoms with Crippen molar-refractivity contribution in [3.63, 3.8) is 0 Å². The molecule has 0 saturated carbocycles. The first-order chi connectivity index (χ1) is 7.61. The molecular formula is C11H22N4S. The predicted molar refractivity (Wildman–Crippen MR) is 70.8 cm³/mol. The van der Waals surface area contributed by atoms with E-state index in [9.17, 15) is 0 Å². The average molecular weight is 242 g/mol. The van der Waals surface area contributed by atoms with Crippen LogP contribution < -0.4 is 5.73 Å². The van der Waals surface area contributed by atoms with Crippen molar-refractivity contribution >= 4 is 11.8 Å². The summed E-state index contributed by atoms with van der Waals surface area (Å²) < 4.78 is 1.90. The van der Waals surface area contributed by atoms with E-state index in [1.807, 2.05) is 29.7 Å². The third kappa shape index (κ3) is 2.99. The van der Waals surface area contributed by atoms with Gasteiger partial charge in [0.15, 0.2) is 0 Å². The summed E-state index contributed by atoms with van der Waals surface area (Å²) in [6.45, 7) is 3.78. The van der Waals surface area contributed by atoms with E-state index in [2.05, 4.69) is 30.2 Å². The van der Waals surface area contributed by atoms with Gasteiger partial charge in [0.1, 0.15) is 0 Å². The number of thioether (sulfide) groups is 1. The Bertz CT molecular complexity index is 324. The Morgan fingerprint density at radius 3 is 2.75 bits per heavy atom. The number of nitrogens with two attached hydrogens (primary N) is 1. The lowest BCUT2D eigenvalue weighted by molar-refractivity contribution is 0.265. The van der Waals surface area contributed by atoms with E-state index in [4.69, 9.17) is 5.73 Å². The van der Waals surface area contributed by atoms with E-state index in [1.165, 1.54) is 11.3 Å². The molecule has 1 aromatic heterocycles. The summed E-state index contributed by atoms with van der Waals surface area (Å²) in [7, 11) is 4.09. The third-order valence-electron chi connectivity index (χ3n) is 3.04. The van der Waals surface area contributed by atoms with E-state index < -0.39 is 0 Å². The number of aromatic nitrogens is 2. The topological polar surface area (TPSA) is 47.1 Å². The first kappa shape index (κ1) is 13.5. The fraction of sp³-hybridized carbons (Fsp3) is 0.727. The Hall–Kier alpha value is -0.520. The molecule has 1 aromatic rings. The van der Waals surface area contributed by atoms with Gasteiger partial charge in [0.25, 0.3) is 0 Å². The lowest BCUT2D eigenvalue weighted by Gasteiger charge is -2.26. The molecule has 0 bridgehead atoms. The molecule has 0 aromatic carbocycles. The van der Waals surface area contributed by atoms with E-state index in [0.717, 1.165) is 12.3 Å². The molecule has 1 atom stereocenters. The molecule has 0 fully saturated rings. The van der Waals surface area contributed by atoms with Crippen molar-refractivity contribution in [2.24, 2.45) is 12.8 Å². The number of hydrogen-bond acceptors (Lipinski definition) is 4. The summed E-state index contributed by atoms with van der Waals surface area (Å²) in [5, 5.41) is 4.28. The summed E-state index contributed by atoms with van der Waals surface area (Å²) in [5.41, 5.74) is 8.31. The maximum atomic E-state index is 5.87. The minimum absolute atomic E-state index is 0.279. The molecule has 1 heterocycles. The van der Waals surface area contributed by atoms with Crippen LogP contribution in [0.5, 0.6) is 0 Å². The van der Waals surface area contributed by atoms with Crippen LogP contribution in [0.2, 0.25) is 0 Å². The van der Waals surface area contributed by atoms with Crippen LogP contribution in [0.25, 0.3) is 0 Å². The fourth-order valence-electron chi connectivity index (χ4n) is 1.78. The minimum Gasteiger partial charge on any atom is -0.329 e. The molecule has 5 heteroatoms. The quantitative estimate of drug-likeness (QED) is 0.809. The number of aryl methyl sites for hydroxylation is 1. The van der Waals surface area contributed by atoms with Crippen molar-refractivity contribution in [1.82, 2.24) is 14.7 Å². The van der Waals surface area contributed by atoms with E-state index >= 15 is 0 Å². The Morgan fingerprint density at radius 2 is 2.31 bits per heavy atom. The molecule has 0 saturated heterocycles. The predicted octanol–water partition coefficient (Wildman–Crippen LogP) is 1.02. The van der Waals surface area contributed by atoms with Gasteiger partial charge in [-0.2, -0.15) is 16.9 Å². The highest BCUT2D eigenvalue weighted by Crippen LogP contribution is 2.21. The van der Waals surface area contributed by atoms with Gasteiger partial charge in [-0.05, 0) is 20.2 Å². The molecule has 0 spiro atoms. The highest BCUT2D eigenvalue weighted by molar-refractivity contribution is 7.98. The molecule has 0 amide bonds. The van der Waals surface area contributed by atoms with Gasteiger partial charge >= 0.3 is 0 Å². The van der Waals surface area contributed by atoms with Crippen molar-refractivity contribution in [2.45, 2.75) is 13.0 Å². The van der Waals surface area contributed by atoms with Gasteiger partial charge < -0.3 is 5.73 Å². The van der Waals surface area contributed by atoms with E-state index in [0.29, 0.717) is 6.54 Å². The molecule has 1 unspecified atom stereocenters. The van der Waals surface area contributed by atoms with Crippen molar-refractivity contribution < 1.29 is 0 Å². The third-order valence-corrected chi connectivity index (χ3v) is 3.63. The van der Waals surface area contributed by atoms with Crippen LogP contribution in [0.1, 0.15) is 17.3 Å². The van der Waals surface area contributed by atoms with Gasteiger partial charge in [0, 0.05) is 37.1 Å². The van der Waals surface area contributed by atoms with Crippen LogP contribution in [-0.2, 0) is 7.05 Å². The van der Waals surface area contributed by atoms with Crippen LogP contribution in [0, 0.1) is 6.92 Å². The van der Waals surface area contributed by atoms with Crippen molar-refractivity contribution in [1.29, 1.82) is 0 Å². The molecule has 0 aliphatic carbocycles. The zero-order valence-electron chi connectivity index (χ0n) is 10.6. The second-order valence-corrected chi connectivity index (χ2v) is 5.02. The Labute approximate surface area is 102 Å². The summed E-state index contributed by atoms with van der Waals surface area (Å²) in [6.07, 6.45) is 4.06. The van der Waals surface area contributed by atoms with Crippen LogP contribution in [0.4, 0.5) is 0 Å². The summed E-state index contributed by atoms with van der Waals surface area (Å²) in [5.74, 6) is 1.13. The molecule has 4 nitrogen and oxygen atoms in total. The molecule has 92 valence electrons. The lowest BCUT2D eigenvalue weighted by Crippen LogP contribution is -2.32. The molecule has 0 aliphatic rings. The van der Waals surface area contributed by atoms with E-state index in [1.54, 1.807) is 0 Å². The maximum Gasteiger partial charge on any atom is 0.0540 e. The largest absolute Gasteiger partial charge is 0.329 e. The molecule has 16 heavy (non-hydrogen) atoms. The van der Waals surface area contributed by atoms with Gasteiger partial charge in [-0.1, -0.05) is 0 Å². The fourth-order valence-corrected chi connectivity index (χ4v) is 2.25. The number of rotatable bonds is 6. The Balaban J connectivity index is 2.77. The zero-order valence-corrected chi connectivity index (χ0v) is 11.4. The average Bonchev–Trinajstić information content (AvgIpc) is 2.59. The SMILES string of the molecule is CSCCN(C)C(CN)c1cnn(C)c1C. The summed E-state index contributed by atoms with van der Waals surface area (Å²) in [4.78, 5) is 2.31. The second-order valence-electron chi connectivity index (χ2n) is 4.03. The highest BCUT2D eigenvalue weighted by atomic mass is 32.2. The number of nitrogens with zero attached hydrogens (tertiary/aromatic N) is 3. The van der Waals surface area contributed by atoms with Crippen LogP contribution in [-0.4, -0.2) is 46.8 Å². The Kier molecular flexibility index (Phi) is 5.31. The van der Waals surface area contributed by atoms with Gasteiger partial charge in [-0.3, -0.25) is 9.58 Å². The van der Waals surface area contributed by atoms with E-state index in [-0.39, 0.29) is 6.04 Å². The molecule has 1 rings (SSSR count). The first-order valence-electron chi connectivity index (χ1n) is 5.49. The minimum atomic E-state index is 0.279. The number of likely N-dealkylation sites (N-methyl/N-ethyl adjacent to an activating group) is 1. The zero-order chi connectivity index (χ0) is 12.1. The van der Waals surface area contributed by atoms with Crippen molar-refractivity contribution in [3.05, 3.63) is 17.5 Å². The Morgan fingerprint density at radius 1 is 1.62 bits per heavy atom. The summed E-state index contributed by atoms with van der Waals surface area (Å²) in [6, 6.07) is 0.279. The van der Waals surface area contributed by atoms with Gasteiger partial charge in [0.2, 0.25) is 0 Å². The molecule has 0 aliphatic heterocycles. The van der Waals surface area contributed by atoms with Gasteiger partial charge in [0.05, 0.1) is 12.2 Å². The lowest BCUT2D eigenvalue weighted by atomic mass is 10.1. The molecular weight excluding hydrogens is 220 g/mol. The van der Waals surface area contributed by atoms with Crippen molar-refractivity contribution in [3.8, 4) is 0 Å². The first-order valence-corrected chi connectivity index (χ1v) is 6.89. The monoisotopic (exact) mass is 242 g/mol. The normalized spacial score (nSPS) is 13.4. The van der Waals surface area contributed by atoms with Crippen LogP contribution in [0.3, 0.4) is 0 Å². The van der Waals surface area contributed by atoms with Gasteiger partial charge in [-0.15, -0.1) is 0 Å². The smallest absolute Gasteiger partial charge is 0.0540 e. The van der Waals surface area contributed by atoms with Crippen LogP contribution >= 0.6 is 11.8 Å². The van der Waals surface area contributed by atoms with Crippen LogP contribution in [0.15, 0.2) is 6.20 Å². The second kappa shape index (κ2) is 6.27. The molecule has 0 radical (unpaired) electrons. The summed E-state index contributed by atoms with van der Waals surface area (Å²) >= 11 is 1.86. The highest BCUT2D eigenvalue weighted by Gasteiger charge is 2.19. The molecule has 2 N–H and O–H groups in total. The van der Waals surface area contributed by atoms with Gasteiger partial charge in [-0.25, -0.2) is 0 Å².